The third kappa shape index (κ3) is 1.24. The molecule has 1 N–H and O–H groups in total. The number of aliphatic hydroxyl groups is 1. The number of fused-ring (bicyclic) bond motifs is 2. The first-order valence-electron chi connectivity index (χ1n) is 4.60. The molecule has 1 aliphatic carbocycles. The van der Waals surface area contributed by atoms with E-state index in [-0.39, 0.29) is 24.7 Å². The lowest BCUT2D eigenvalue weighted by Gasteiger charge is -2.34. The SMILES string of the molecule is COC1[C@H](OC)CC2(O)C[C@H]1OC2=O. The van der Waals surface area contributed by atoms with E-state index in [1.165, 1.54) is 7.11 Å². The van der Waals surface area contributed by atoms with Gasteiger partial charge in [0.1, 0.15) is 12.2 Å². The maximum Gasteiger partial charge on any atom is 0.338 e. The molecule has 0 spiro atoms. The summed E-state index contributed by atoms with van der Waals surface area (Å²) in [5.74, 6) is -0.552. The Balaban J connectivity index is 2.23. The molecule has 2 bridgehead atoms. The van der Waals surface area contributed by atoms with Gasteiger partial charge in [-0.15, -0.1) is 0 Å². The van der Waals surface area contributed by atoms with Gasteiger partial charge in [-0.25, -0.2) is 4.79 Å². The third-order valence-corrected chi connectivity index (χ3v) is 3.02. The van der Waals surface area contributed by atoms with Crippen LogP contribution in [-0.2, 0) is 19.0 Å². The summed E-state index contributed by atoms with van der Waals surface area (Å²) in [4.78, 5) is 11.3. The van der Waals surface area contributed by atoms with Gasteiger partial charge in [-0.3, -0.25) is 0 Å². The second-order valence-corrected chi connectivity index (χ2v) is 3.86. The second kappa shape index (κ2) is 3.18. The van der Waals surface area contributed by atoms with E-state index in [9.17, 15) is 9.90 Å². The van der Waals surface area contributed by atoms with Crippen LogP contribution in [0.25, 0.3) is 0 Å². The third-order valence-electron chi connectivity index (χ3n) is 3.02. The average molecular weight is 202 g/mol. The summed E-state index contributed by atoms with van der Waals surface area (Å²) in [5, 5.41) is 9.89. The maximum absolute atomic E-state index is 11.3. The molecule has 14 heavy (non-hydrogen) atoms. The fourth-order valence-corrected chi connectivity index (χ4v) is 2.26. The Morgan fingerprint density at radius 2 is 2.14 bits per heavy atom. The van der Waals surface area contributed by atoms with Gasteiger partial charge in [0.2, 0.25) is 0 Å². The Bertz CT molecular complexity index is 254. The van der Waals surface area contributed by atoms with Crippen molar-refractivity contribution in [3.8, 4) is 0 Å². The van der Waals surface area contributed by atoms with Crippen LogP contribution >= 0.6 is 0 Å². The molecule has 1 aliphatic heterocycles. The topological polar surface area (TPSA) is 65.0 Å². The normalized spacial score (nSPS) is 46.5. The minimum Gasteiger partial charge on any atom is -0.457 e. The van der Waals surface area contributed by atoms with E-state index in [2.05, 4.69) is 0 Å². The highest BCUT2D eigenvalue weighted by Crippen LogP contribution is 2.40. The zero-order chi connectivity index (χ0) is 10.3. The van der Waals surface area contributed by atoms with Crippen LogP contribution < -0.4 is 0 Å². The molecule has 0 aromatic heterocycles. The standard InChI is InChI=1S/C9H14O5/c1-12-5-3-9(11)4-6(7(5)13-2)14-8(9)10/h5-7,11H,3-4H2,1-2H3/t5-,6-,7?,9?/m1/s1. The molecule has 5 nitrogen and oxygen atoms in total. The molecular weight excluding hydrogens is 188 g/mol. The minimum absolute atomic E-state index is 0.247. The Morgan fingerprint density at radius 3 is 2.71 bits per heavy atom. The van der Waals surface area contributed by atoms with E-state index in [0.717, 1.165) is 0 Å². The summed E-state index contributed by atoms with van der Waals surface area (Å²) in [7, 11) is 3.09. The molecule has 1 saturated carbocycles. The van der Waals surface area contributed by atoms with Crippen molar-refractivity contribution in [2.75, 3.05) is 14.2 Å². The lowest BCUT2D eigenvalue weighted by Crippen LogP contribution is -2.50. The summed E-state index contributed by atoms with van der Waals surface area (Å²) in [6.07, 6.45) is -0.375. The van der Waals surface area contributed by atoms with Gasteiger partial charge in [-0.1, -0.05) is 0 Å². The Hall–Kier alpha value is -0.650. The molecule has 0 radical (unpaired) electrons. The van der Waals surface area contributed by atoms with Crippen molar-refractivity contribution >= 4 is 5.97 Å². The smallest absolute Gasteiger partial charge is 0.338 e. The maximum atomic E-state index is 11.3. The van der Waals surface area contributed by atoms with Crippen LogP contribution in [0.3, 0.4) is 0 Å². The second-order valence-electron chi connectivity index (χ2n) is 3.86. The zero-order valence-electron chi connectivity index (χ0n) is 8.23. The van der Waals surface area contributed by atoms with Crippen LogP contribution in [0.15, 0.2) is 0 Å². The highest BCUT2D eigenvalue weighted by molar-refractivity contribution is 5.82. The molecule has 80 valence electrons. The van der Waals surface area contributed by atoms with Crippen molar-refractivity contribution in [1.29, 1.82) is 0 Å². The molecule has 5 heteroatoms. The number of hydrogen-bond acceptors (Lipinski definition) is 5. The predicted octanol–water partition coefficient (Wildman–Crippen LogP) is -0.533. The number of carbonyl (C=O) groups excluding carboxylic acids is 1. The van der Waals surface area contributed by atoms with Crippen LogP contribution in [0.2, 0.25) is 0 Å². The quantitative estimate of drug-likeness (QED) is 0.610. The highest BCUT2D eigenvalue weighted by atomic mass is 16.6. The van der Waals surface area contributed by atoms with E-state index in [1.54, 1.807) is 7.11 Å². The zero-order valence-corrected chi connectivity index (χ0v) is 8.23. The molecule has 2 fully saturated rings. The fraction of sp³-hybridized carbons (Fsp3) is 0.889. The van der Waals surface area contributed by atoms with Crippen molar-refractivity contribution in [2.24, 2.45) is 0 Å². The Labute approximate surface area is 81.9 Å². The minimum atomic E-state index is -1.36. The Kier molecular flexibility index (Phi) is 2.25. The first-order valence-corrected chi connectivity index (χ1v) is 4.60. The molecule has 2 aliphatic rings. The number of esters is 1. The van der Waals surface area contributed by atoms with Gasteiger partial charge in [0.15, 0.2) is 5.60 Å². The summed E-state index contributed by atoms with van der Waals surface area (Å²) in [6, 6.07) is 0. The molecule has 0 aromatic rings. The number of carbonyl (C=O) groups is 1. The summed E-state index contributed by atoms with van der Waals surface area (Å²) < 4.78 is 15.4. The van der Waals surface area contributed by atoms with E-state index in [1.807, 2.05) is 0 Å². The molecular formula is C9H14O5. The number of ether oxygens (including phenoxy) is 3. The monoisotopic (exact) mass is 202 g/mol. The number of methoxy groups -OCH3 is 2. The Morgan fingerprint density at radius 1 is 1.43 bits per heavy atom. The lowest BCUT2D eigenvalue weighted by molar-refractivity contribution is -0.154. The van der Waals surface area contributed by atoms with Gasteiger partial charge >= 0.3 is 5.97 Å². The predicted molar refractivity (Wildman–Crippen MR) is 45.7 cm³/mol. The molecule has 0 aromatic carbocycles. The van der Waals surface area contributed by atoms with E-state index < -0.39 is 11.6 Å². The van der Waals surface area contributed by atoms with Gasteiger partial charge in [-0.2, -0.15) is 0 Å². The van der Waals surface area contributed by atoms with Gasteiger partial charge in [0, 0.05) is 27.1 Å². The van der Waals surface area contributed by atoms with Crippen molar-refractivity contribution in [3.05, 3.63) is 0 Å². The van der Waals surface area contributed by atoms with Gasteiger partial charge < -0.3 is 19.3 Å². The molecule has 1 saturated heterocycles. The fourth-order valence-electron chi connectivity index (χ4n) is 2.26. The van der Waals surface area contributed by atoms with Crippen LogP contribution in [-0.4, -0.2) is 49.2 Å². The van der Waals surface area contributed by atoms with Crippen LogP contribution in [0, 0.1) is 0 Å². The van der Waals surface area contributed by atoms with Crippen LogP contribution in [0.4, 0.5) is 0 Å². The van der Waals surface area contributed by atoms with Crippen molar-refractivity contribution in [1.82, 2.24) is 0 Å². The van der Waals surface area contributed by atoms with E-state index >= 15 is 0 Å². The van der Waals surface area contributed by atoms with Crippen LogP contribution in [0.1, 0.15) is 12.8 Å². The van der Waals surface area contributed by atoms with E-state index in [0.29, 0.717) is 6.42 Å². The number of rotatable bonds is 2. The average Bonchev–Trinajstić information content (AvgIpc) is 2.38. The van der Waals surface area contributed by atoms with Crippen molar-refractivity contribution in [3.63, 3.8) is 0 Å². The van der Waals surface area contributed by atoms with Gasteiger partial charge in [0.25, 0.3) is 0 Å². The molecule has 4 atom stereocenters. The van der Waals surface area contributed by atoms with Crippen LogP contribution in [0.5, 0.6) is 0 Å². The molecule has 1 heterocycles. The first-order chi connectivity index (χ1) is 6.60. The number of hydrogen-bond donors (Lipinski definition) is 1. The van der Waals surface area contributed by atoms with Gasteiger partial charge in [-0.05, 0) is 0 Å². The highest BCUT2D eigenvalue weighted by Gasteiger charge is 2.58. The summed E-state index contributed by atoms with van der Waals surface area (Å²) in [6.45, 7) is 0. The van der Waals surface area contributed by atoms with Gasteiger partial charge in [0.05, 0.1) is 6.10 Å². The molecule has 2 rings (SSSR count). The summed E-state index contributed by atoms with van der Waals surface area (Å²) in [5.41, 5.74) is -1.36. The van der Waals surface area contributed by atoms with Crippen molar-refractivity contribution in [2.45, 2.75) is 36.8 Å². The summed E-state index contributed by atoms with van der Waals surface area (Å²) >= 11 is 0. The van der Waals surface area contributed by atoms with E-state index in [4.69, 9.17) is 14.2 Å². The molecule has 2 unspecified atom stereocenters. The largest absolute Gasteiger partial charge is 0.457 e. The molecule has 0 amide bonds. The first kappa shape index (κ1) is 9.89. The lowest BCUT2D eigenvalue weighted by atomic mass is 9.82. The van der Waals surface area contributed by atoms with Crippen molar-refractivity contribution < 1.29 is 24.1 Å².